The van der Waals surface area contributed by atoms with Crippen LogP contribution in [-0.4, -0.2) is 56.6 Å². The van der Waals surface area contributed by atoms with Crippen molar-refractivity contribution in [3.05, 3.63) is 58.6 Å². The highest BCUT2D eigenvalue weighted by Gasteiger charge is 2.33. The third-order valence-electron chi connectivity index (χ3n) is 5.49. The van der Waals surface area contributed by atoms with Crippen molar-refractivity contribution in [1.29, 1.82) is 0 Å². The fraction of sp³-hybridized carbons (Fsp3) is 0.462. The summed E-state index contributed by atoms with van der Waals surface area (Å²) >= 11 is 6.24. The topological polar surface area (TPSA) is 96.0 Å². The first-order valence-corrected chi connectivity index (χ1v) is 13.9. The van der Waals surface area contributed by atoms with Gasteiger partial charge in [0.1, 0.15) is 18.3 Å². The smallest absolute Gasteiger partial charge is 0.244 e. The molecule has 0 heterocycles. The molecule has 36 heavy (non-hydrogen) atoms. The Bertz CT molecular complexity index is 1190. The Hall–Kier alpha value is -2.78. The number of methoxy groups -OCH3 is 1. The highest BCUT2D eigenvalue weighted by Crippen LogP contribution is 2.26. The van der Waals surface area contributed by atoms with Crippen molar-refractivity contribution in [3.63, 3.8) is 0 Å². The molecule has 2 aromatic rings. The predicted molar refractivity (Wildman–Crippen MR) is 144 cm³/mol. The third-order valence-corrected chi connectivity index (χ3v) is 7.04. The molecule has 8 nitrogen and oxygen atoms in total. The number of amides is 2. The largest absolute Gasteiger partial charge is 0.497 e. The van der Waals surface area contributed by atoms with E-state index in [1.807, 2.05) is 33.8 Å². The number of rotatable bonds is 10. The Morgan fingerprint density at radius 1 is 1.14 bits per heavy atom. The van der Waals surface area contributed by atoms with E-state index in [2.05, 4.69) is 5.32 Å². The first-order valence-electron chi connectivity index (χ1n) is 11.6. The van der Waals surface area contributed by atoms with E-state index in [9.17, 15) is 18.0 Å². The van der Waals surface area contributed by atoms with E-state index in [0.29, 0.717) is 17.2 Å². The molecule has 0 saturated heterocycles. The molecule has 1 atom stereocenters. The number of ether oxygens (including phenoxy) is 1. The maximum absolute atomic E-state index is 13.7. The lowest BCUT2D eigenvalue weighted by molar-refractivity contribution is -0.141. The molecular weight excluding hydrogens is 502 g/mol. The molecule has 2 aromatic carbocycles. The fourth-order valence-electron chi connectivity index (χ4n) is 3.69. The number of benzene rings is 2. The minimum atomic E-state index is -3.83. The van der Waals surface area contributed by atoms with Crippen LogP contribution in [0.2, 0.25) is 5.02 Å². The summed E-state index contributed by atoms with van der Waals surface area (Å²) in [6.45, 7) is 8.80. The van der Waals surface area contributed by atoms with Crippen molar-refractivity contribution in [1.82, 2.24) is 10.2 Å². The Kier molecular flexibility index (Phi) is 9.79. The van der Waals surface area contributed by atoms with E-state index in [1.165, 1.54) is 11.0 Å². The van der Waals surface area contributed by atoms with E-state index in [0.717, 1.165) is 21.7 Å². The lowest BCUT2D eigenvalue weighted by Gasteiger charge is -2.34. The average Bonchev–Trinajstić information content (AvgIpc) is 2.77. The van der Waals surface area contributed by atoms with Crippen LogP contribution < -0.4 is 14.4 Å². The normalized spacial score (nSPS) is 12.6. The minimum Gasteiger partial charge on any atom is -0.497 e. The number of nitrogens with zero attached hydrogens (tertiary/aromatic N) is 2. The summed E-state index contributed by atoms with van der Waals surface area (Å²) in [5, 5.41) is 3.32. The molecule has 10 heteroatoms. The van der Waals surface area contributed by atoms with Crippen LogP contribution in [0.25, 0.3) is 0 Å². The van der Waals surface area contributed by atoms with E-state index in [1.54, 1.807) is 44.4 Å². The van der Waals surface area contributed by atoms with Gasteiger partial charge in [0.25, 0.3) is 0 Å². The molecule has 0 aromatic heterocycles. The lowest BCUT2D eigenvalue weighted by atomic mass is 10.1. The molecular formula is C26H36ClN3O5S. The van der Waals surface area contributed by atoms with Crippen molar-refractivity contribution in [2.75, 3.05) is 24.2 Å². The number of hydrogen-bond donors (Lipinski definition) is 1. The van der Waals surface area contributed by atoms with Crippen LogP contribution in [-0.2, 0) is 26.2 Å². The third kappa shape index (κ3) is 8.13. The van der Waals surface area contributed by atoms with Gasteiger partial charge in [-0.05, 0) is 69.5 Å². The van der Waals surface area contributed by atoms with Gasteiger partial charge in [-0.25, -0.2) is 8.42 Å². The second kappa shape index (κ2) is 12.0. The van der Waals surface area contributed by atoms with Gasteiger partial charge in [0, 0.05) is 17.1 Å². The number of nitrogens with one attached hydrogen (secondary N) is 1. The first kappa shape index (κ1) is 29.5. The number of carbonyl (C=O) groups is 2. The van der Waals surface area contributed by atoms with Crippen LogP contribution >= 0.6 is 11.6 Å². The van der Waals surface area contributed by atoms with Gasteiger partial charge in [-0.15, -0.1) is 0 Å². The fourth-order valence-corrected chi connectivity index (χ4v) is 4.71. The van der Waals surface area contributed by atoms with Gasteiger partial charge in [0.15, 0.2) is 0 Å². The quantitative estimate of drug-likeness (QED) is 0.491. The van der Waals surface area contributed by atoms with Gasteiger partial charge in [-0.3, -0.25) is 13.9 Å². The van der Waals surface area contributed by atoms with Gasteiger partial charge in [0.05, 0.1) is 19.1 Å². The summed E-state index contributed by atoms with van der Waals surface area (Å²) in [7, 11) is -2.29. The Morgan fingerprint density at radius 2 is 1.81 bits per heavy atom. The van der Waals surface area contributed by atoms with Crippen LogP contribution in [0.3, 0.4) is 0 Å². The van der Waals surface area contributed by atoms with Crippen molar-refractivity contribution in [3.8, 4) is 5.75 Å². The molecule has 0 aliphatic carbocycles. The summed E-state index contributed by atoms with van der Waals surface area (Å²) in [4.78, 5) is 28.4. The highest BCUT2D eigenvalue weighted by molar-refractivity contribution is 7.92. The summed E-state index contributed by atoms with van der Waals surface area (Å²) in [6, 6.07) is 11.2. The molecule has 2 rings (SSSR count). The van der Waals surface area contributed by atoms with Crippen LogP contribution in [0, 0.1) is 6.92 Å². The summed E-state index contributed by atoms with van der Waals surface area (Å²) in [5.74, 6) is -0.222. The number of hydrogen-bond acceptors (Lipinski definition) is 5. The molecule has 0 fully saturated rings. The molecule has 2 amide bonds. The maximum Gasteiger partial charge on any atom is 0.244 e. The SMILES string of the molecule is CCC(C(=O)NC(C)(C)C)N(Cc1cccc(OC)c1)C(=O)CN(c1ccc(C)c(Cl)c1)S(C)(=O)=O. The molecule has 0 bridgehead atoms. The van der Waals surface area contributed by atoms with Crippen molar-refractivity contribution >= 4 is 39.1 Å². The molecule has 0 aliphatic rings. The van der Waals surface area contributed by atoms with Crippen LogP contribution in [0.5, 0.6) is 5.75 Å². The monoisotopic (exact) mass is 537 g/mol. The van der Waals surface area contributed by atoms with E-state index in [4.69, 9.17) is 16.3 Å². The molecule has 0 saturated carbocycles. The van der Waals surface area contributed by atoms with Crippen molar-refractivity contribution in [2.45, 2.75) is 59.2 Å². The number of sulfonamides is 1. The molecule has 0 spiro atoms. The molecule has 0 aliphatic heterocycles. The minimum absolute atomic E-state index is 0.0956. The lowest BCUT2D eigenvalue weighted by Crippen LogP contribution is -2.55. The van der Waals surface area contributed by atoms with Gasteiger partial charge in [0.2, 0.25) is 21.8 Å². The zero-order valence-corrected chi connectivity index (χ0v) is 23.5. The van der Waals surface area contributed by atoms with E-state index in [-0.39, 0.29) is 18.1 Å². The Morgan fingerprint density at radius 3 is 2.33 bits per heavy atom. The maximum atomic E-state index is 13.7. The number of carbonyl (C=O) groups excluding carboxylic acids is 2. The van der Waals surface area contributed by atoms with Crippen molar-refractivity contribution < 1.29 is 22.7 Å². The van der Waals surface area contributed by atoms with Gasteiger partial charge in [-0.2, -0.15) is 0 Å². The summed E-state index contributed by atoms with van der Waals surface area (Å²) in [5.41, 5.74) is 1.29. The van der Waals surface area contributed by atoms with Gasteiger partial charge < -0.3 is 15.0 Å². The van der Waals surface area contributed by atoms with Gasteiger partial charge in [-0.1, -0.05) is 36.7 Å². The summed E-state index contributed by atoms with van der Waals surface area (Å²) in [6.07, 6.45) is 1.37. The zero-order valence-electron chi connectivity index (χ0n) is 22.0. The molecule has 1 unspecified atom stereocenters. The average molecular weight is 538 g/mol. The number of halogens is 1. The van der Waals surface area contributed by atoms with Crippen LogP contribution in [0.4, 0.5) is 5.69 Å². The second-order valence-electron chi connectivity index (χ2n) is 9.74. The van der Waals surface area contributed by atoms with E-state index >= 15 is 0 Å². The standard InChI is InChI=1S/C26H36ClN3O5S/c1-8-23(25(32)28-26(3,4)5)29(16-19-10-9-11-21(14-19)35-6)24(31)17-30(36(7,33)34)20-13-12-18(2)22(27)15-20/h9-15,23H,8,16-17H2,1-7H3,(H,28,32). The highest BCUT2D eigenvalue weighted by atomic mass is 35.5. The van der Waals surface area contributed by atoms with E-state index < -0.39 is 34.1 Å². The van der Waals surface area contributed by atoms with Crippen LogP contribution in [0.15, 0.2) is 42.5 Å². The molecule has 0 radical (unpaired) electrons. The number of anilines is 1. The number of aryl methyl sites for hydroxylation is 1. The van der Waals surface area contributed by atoms with Crippen LogP contribution in [0.1, 0.15) is 45.2 Å². The Labute approximate surface area is 219 Å². The van der Waals surface area contributed by atoms with Gasteiger partial charge >= 0.3 is 0 Å². The Balaban J connectivity index is 2.49. The van der Waals surface area contributed by atoms with Crippen molar-refractivity contribution in [2.24, 2.45) is 0 Å². The zero-order chi connectivity index (χ0) is 27.3. The molecule has 1 N–H and O–H groups in total. The summed E-state index contributed by atoms with van der Waals surface area (Å²) < 4.78 is 31.7. The second-order valence-corrected chi connectivity index (χ2v) is 12.1. The molecule has 198 valence electrons. The predicted octanol–water partition coefficient (Wildman–Crippen LogP) is 4.15. The first-order chi connectivity index (χ1) is 16.7.